The molecule has 120 heavy (non-hydrogen) atoms. The van der Waals surface area contributed by atoms with Crippen molar-refractivity contribution in [2.45, 2.75) is 189 Å². The van der Waals surface area contributed by atoms with Crippen LogP contribution in [0.25, 0.3) is 0 Å². The third kappa shape index (κ3) is 26.0. The summed E-state index contributed by atoms with van der Waals surface area (Å²) >= 11 is 30.3. The van der Waals surface area contributed by atoms with Crippen LogP contribution in [0.1, 0.15) is 187 Å². The second kappa shape index (κ2) is 46.3. The summed E-state index contributed by atoms with van der Waals surface area (Å²) in [7, 11) is 11.1. The quantitative estimate of drug-likeness (QED) is 0.0435. The summed E-state index contributed by atoms with van der Waals surface area (Å²) in [5.74, 6) is 0. The number of hydrogen-bond acceptors (Lipinski definition) is 10. The van der Waals surface area contributed by atoms with Crippen LogP contribution in [0.2, 0.25) is 25.1 Å². The van der Waals surface area contributed by atoms with Gasteiger partial charge in [-0.3, -0.25) is 0 Å². The molecule has 10 atom stereocenters. The zero-order chi connectivity index (χ0) is 85.0. The van der Waals surface area contributed by atoms with Gasteiger partial charge in [0.2, 0.25) is 0 Å². The van der Waals surface area contributed by atoms with Crippen molar-refractivity contribution in [3.8, 4) is 0 Å². The molecule has 5 fully saturated rings. The van der Waals surface area contributed by atoms with Crippen LogP contribution in [-0.2, 0) is 51.7 Å². The normalized spacial score (nSPS) is 20.9. The van der Waals surface area contributed by atoms with Gasteiger partial charge in [0.15, 0.2) is 0 Å². The van der Waals surface area contributed by atoms with Crippen molar-refractivity contribution < 1.29 is 23.7 Å². The summed E-state index contributed by atoms with van der Waals surface area (Å²) in [6.07, 6.45) is 18.3. The van der Waals surface area contributed by atoms with Crippen molar-refractivity contribution in [1.82, 2.24) is 24.5 Å². The minimum atomic E-state index is -0.455. The Bertz CT molecular complexity index is 3890. The predicted molar refractivity (Wildman–Crippen MR) is 503 cm³/mol. The van der Waals surface area contributed by atoms with Gasteiger partial charge in [-0.25, -0.2) is 0 Å². The Morgan fingerprint density at radius 3 is 0.475 bits per heavy atom. The first-order valence-electron chi connectivity index (χ1n) is 43.8. The molecule has 640 valence electrons. The smallest absolute Gasteiger partial charge is 0.115 e. The molecule has 0 aliphatic carbocycles. The highest BCUT2D eigenvalue weighted by molar-refractivity contribution is 6.31. The number of halogens is 5. The van der Waals surface area contributed by atoms with E-state index in [2.05, 4.69) is 276 Å². The van der Waals surface area contributed by atoms with Crippen LogP contribution in [0.5, 0.6) is 0 Å². The lowest BCUT2D eigenvalue weighted by atomic mass is 9.88. The zero-order valence-electron chi connectivity index (χ0n) is 72.7. The Kier molecular flexibility index (Phi) is 36.2. The molecule has 0 saturated carbocycles. The molecule has 5 heterocycles. The van der Waals surface area contributed by atoms with E-state index in [1.807, 2.05) is 91.0 Å². The SMILES string of the molecule is CN1CCC[C@@H]1CCO[C@](C)(c1ccccc1)c1ccc(Cl)cc1.CN1CCC[C@@H]1CCO[C@](C)(c1ccccc1)c1ccc(Cl)cc1.CN1CCC[C@@H]1CCO[C@](C)(c1ccccc1)c1ccc(Cl)cc1.CN1CCC[C@@H]1CCO[C@](C)(c1ccccc1)c1ccc(Cl)cc1.CN1CCC[C@@H]1CCO[C@](C)(c1ccccc1)c1ccc(Cl)cc1. The van der Waals surface area contributed by atoms with Gasteiger partial charge in [-0.15, -0.1) is 0 Å². The average Bonchev–Trinajstić information content (AvgIpc) is 1.23. The molecule has 10 aromatic carbocycles. The fourth-order valence-electron chi connectivity index (χ4n) is 18.0. The van der Waals surface area contributed by atoms with Gasteiger partial charge in [0.1, 0.15) is 28.0 Å². The molecule has 0 spiro atoms. The lowest BCUT2D eigenvalue weighted by Gasteiger charge is -2.32. The number of benzene rings is 10. The minimum Gasteiger partial charge on any atom is -0.366 e. The molecule has 5 saturated heterocycles. The van der Waals surface area contributed by atoms with Crippen LogP contribution in [0.3, 0.4) is 0 Å². The summed E-state index contributed by atoms with van der Waals surface area (Å²) in [5.41, 5.74) is 9.27. The standard InChI is InChI=1S/5C21H26ClNO/c5*1-21(17-7-4-3-5-8-17,18-10-12-19(22)13-11-18)24-16-14-20-9-6-15-23(20)2/h5*3-5,7-8,10-13,20H,6,9,14-16H2,1-2H3/t5*20-,21-/m11111/s1. The Balaban J connectivity index is 0.000000147. The van der Waals surface area contributed by atoms with E-state index in [0.717, 1.165) is 118 Å². The Morgan fingerprint density at radius 1 is 0.217 bits per heavy atom. The molecule has 0 N–H and O–H groups in total. The number of likely N-dealkylation sites (tertiary alicyclic amines) is 5. The molecule has 10 nitrogen and oxygen atoms in total. The maximum absolute atomic E-state index is 6.48. The number of hydrogen-bond donors (Lipinski definition) is 0. The third-order valence-corrected chi connectivity index (χ3v) is 27.4. The number of rotatable bonds is 30. The Morgan fingerprint density at radius 2 is 0.350 bits per heavy atom. The molecule has 0 radical (unpaired) electrons. The van der Waals surface area contributed by atoms with Gasteiger partial charge in [-0.2, -0.15) is 0 Å². The molecule has 0 amide bonds. The molecule has 0 unspecified atom stereocenters. The van der Waals surface area contributed by atoms with E-state index in [0.29, 0.717) is 30.2 Å². The Hall–Kier alpha value is -6.75. The third-order valence-electron chi connectivity index (χ3n) is 26.2. The van der Waals surface area contributed by atoms with E-state index < -0.39 is 28.0 Å². The average molecular weight is 1720 g/mol. The van der Waals surface area contributed by atoms with Gasteiger partial charge < -0.3 is 48.2 Å². The van der Waals surface area contributed by atoms with Crippen molar-refractivity contribution in [3.63, 3.8) is 0 Å². The maximum atomic E-state index is 6.48. The molecule has 0 aromatic heterocycles. The monoisotopic (exact) mass is 1720 g/mol. The summed E-state index contributed by atoms with van der Waals surface area (Å²) in [6.45, 7) is 20.6. The summed E-state index contributed by atoms with van der Waals surface area (Å²) in [6, 6.07) is 95.5. The highest BCUT2D eigenvalue weighted by Gasteiger charge is 2.37. The van der Waals surface area contributed by atoms with Crippen LogP contribution in [-0.4, -0.2) is 156 Å². The number of nitrogens with zero attached hydrogens (tertiary/aromatic N) is 5. The molecule has 15 rings (SSSR count). The highest BCUT2D eigenvalue weighted by atomic mass is 35.5. The zero-order valence-corrected chi connectivity index (χ0v) is 76.5. The van der Waals surface area contributed by atoms with Crippen LogP contribution >= 0.6 is 58.0 Å². The first-order valence-corrected chi connectivity index (χ1v) is 45.6. The van der Waals surface area contributed by atoms with Gasteiger partial charge in [0, 0.05) is 88.4 Å². The van der Waals surface area contributed by atoms with E-state index in [1.54, 1.807) is 0 Å². The van der Waals surface area contributed by atoms with E-state index in [-0.39, 0.29) is 0 Å². The van der Waals surface area contributed by atoms with Crippen LogP contribution in [0, 0.1) is 0 Å². The van der Waals surface area contributed by atoms with Crippen LogP contribution in [0.4, 0.5) is 0 Å². The number of ether oxygens (including phenoxy) is 5. The fourth-order valence-corrected chi connectivity index (χ4v) is 18.6. The predicted octanol–water partition coefficient (Wildman–Crippen LogP) is 25.5. The van der Waals surface area contributed by atoms with Gasteiger partial charge in [-0.1, -0.05) is 270 Å². The van der Waals surface area contributed by atoms with Crippen molar-refractivity contribution in [3.05, 3.63) is 354 Å². The van der Waals surface area contributed by atoms with Crippen molar-refractivity contribution in [2.24, 2.45) is 0 Å². The summed E-state index contributed by atoms with van der Waals surface area (Å²) in [5, 5.41) is 3.76. The van der Waals surface area contributed by atoms with E-state index in [9.17, 15) is 0 Å². The van der Waals surface area contributed by atoms with Crippen molar-refractivity contribution in [1.29, 1.82) is 0 Å². The molecule has 0 bridgehead atoms. The topological polar surface area (TPSA) is 62.3 Å². The lowest BCUT2D eigenvalue weighted by Crippen LogP contribution is -2.31. The van der Waals surface area contributed by atoms with Gasteiger partial charge >= 0.3 is 0 Å². The summed E-state index contributed by atoms with van der Waals surface area (Å²) < 4.78 is 32.4. The lowest BCUT2D eigenvalue weighted by molar-refractivity contribution is -0.0119. The van der Waals surface area contributed by atoms with Gasteiger partial charge in [0.05, 0.1) is 0 Å². The second-order valence-corrected chi connectivity index (χ2v) is 36.3. The second-order valence-electron chi connectivity index (χ2n) is 34.1. The first-order chi connectivity index (χ1) is 58.0. The summed E-state index contributed by atoms with van der Waals surface area (Å²) in [4.78, 5) is 12.2. The molecule has 10 aromatic rings. The van der Waals surface area contributed by atoms with Crippen molar-refractivity contribution >= 4 is 58.0 Å². The van der Waals surface area contributed by atoms with E-state index >= 15 is 0 Å². The van der Waals surface area contributed by atoms with Crippen molar-refractivity contribution in [2.75, 3.05) is 101 Å². The van der Waals surface area contributed by atoms with E-state index in [1.165, 1.54) is 125 Å². The Labute approximate surface area is 744 Å². The molecular weight excluding hydrogens is 1590 g/mol. The van der Waals surface area contributed by atoms with Crippen LogP contribution < -0.4 is 0 Å². The maximum Gasteiger partial charge on any atom is 0.115 e. The molecular formula is C105H130Cl5N5O5. The van der Waals surface area contributed by atoms with Crippen LogP contribution in [0.15, 0.2) is 273 Å². The highest BCUT2D eigenvalue weighted by Crippen LogP contribution is 2.41. The first kappa shape index (κ1) is 93.9. The largest absolute Gasteiger partial charge is 0.366 e. The van der Waals surface area contributed by atoms with Gasteiger partial charge in [-0.05, 0) is 315 Å². The fraction of sp³-hybridized carbons (Fsp3) is 0.429. The molecule has 5 aliphatic heterocycles. The molecule has 5 aliphatic rings. The van der Waals surface area contributed by atoms with Gasteiger partial charge in [0.25, 0.3) is 0 Å². The van der Waals surface area contributed by atoms with E-state index in [4.69, 9.17) is 81.7 Å². The molecule has 15 heteroatoms. The minimum absolute atomic E-state index is 0.455.